The zero-order valence-electron chi connectivity index (χ0n) is 13.7. The van der Waals surface area contributed by atoms with Crippen molar-refractivity contribution in [2.24, 2.45) is 17.6 Å². The Labute approximate surface area is 125 Å². The minimum absolute atomic E-state index is 0.586. The lowest BCUT2D eigenvalue weighted by Crippen LogP contribution is -2.19. The van der Waals surface area contributed by atoms with E-state index >= 15 is 0 Å². The Balaban J connectivity index is 3.19. The van der Waals surface area contributed by atoms with Crippen molar-refractivity contribution in [2.45, 2.75) is 46.5 Å². The van der Waals surface area contributed by atoms with Gasteiger partial charge in [-0.25, -0.2) is 0 Å². The van der Waals surface area contributed by atoms with Gasteiger partial charge in [0.25, 0.3) is 0 Å². The SMILES string of the molecule is CCCCOCCOCCOCCC(CN)CC(C)C. The first kappa shape index (κ1) is 19.8. The van der Waals surface area contributed by atoms with Crippen LogP contribution in [0, 0.1) is 11.8 Å². The summed E-state index contributed by atoms with van der Waals surface area (Å²) in [4.78, 5) is 0. The van der Waals surface area contributed by atoms with Crippen molar-refractivity contribution in [3.63, 3.8) is 0 Å². The maximum Gasteiger partial charge on any atom is 0.0701 e. The zero-order chi connectivity index (χ0) is 15.1. The molecule has 0 aromatic heterocycles. The minimum atomic E-state index is 0.586. The van der Waals surface area contributed by atoms with Crippen LogP contribution >= 0.6 is 0 Å². The van der Waals surface area contributed by atoms with Gasteiger partial charge in [-0.1, -0.05) is 27.2 Å². The molecular formula is C16H35NO3. The Morgan fingerprint density at radius 1 is 0.850 bits per heavy atom. The summed E-state index contributed by atoms with van der Waals surface area (Å²) in [5.74, 6) is 1.29. The summed E-state index contributed by atoms with van der Waals surface area (Å²) in [5, 5.41) is 0. The average Bonchev–Trinajstić information content (AvgIpc) is 2.43. The van der Waals surface area contributed by atoms with Gasteiger partial charge in [0.1, 0.15) is 0 Å². The van der Waals surface area contributed by atoms with Crippen LogP contribution in [0.4, 0.5) is 0 Å². The number of hydrogen-bond acceptors (Lipinski definition) is 4. The highest BCUT2D eigenvalue weighted by Crippen LogP contribution is 2.13. The molecule has 20 heavy (non-hydrogen) atoms. The van der Waals surface area contributed by atoms with Gasteiger partial charge < -0.3 is 19.9 Å². The van der Waals surface area contributed by atoms with Gasteiger partial charge in [-0.2, -0.15) is 0 Å². The van der Waals surface area contributed by atoms with Gasteiger partial charge in [0.15, 0.2) is 0 Å². The third-order valence-corrected chi connectivity index (χ3v) is 3.19. The van der Waals surface area contributed by atoms with Crippen LogP contribution in [0.5, 0.6) is 0 Å². The van der Waals surface area contributed by atoms with E-state index in [1.165, 1.54) is 12.8 Å². The number of unbranched alkanes of at least 4 members (excludes halogenated alkanes) is 1. The Morgan fingerprint density at radius 2 is 1.40 bits per heavy atom. The Morgan fingerprint density at radius 3 is 1.90 bits per heavy atom. The molecule has 0 fully saturated rings. The second-order valence-electron chi connectivity index (χ2n) is 5.71. The molecule has 122 valence electrons. The van der Waals surface area contributed by atoms with E-state index in [1.807, 2.05) is 0 Å². The van der Waals surface area contributed by atoms with Crippen LogP contribution in [0.15, 0.2) is 0 Å². The summed E-state index contributed by atoms with van der Waals surface area (Å²) in [6, 6.07) is 0. The van der Waals surface area contributed by atoms with E-state index in [0.29, 0.717) is 38.3 Å². The number of rotatable bonds is 15. The molecule has 0 heterocycles. The molecule has 0 rings (SSSR count). The largest absolute Gasteiger partial charge is 0.379 e. The standard InChI is InChI=1S/C16H35NO3/c1-4-5-7-18-9-11-20-12-10-19-8-6-16(14-17)13-15(2)3/h15-16H,4-14,17H2,1-3H3. The summed E-state index contributed by atoms with van der Waals surface area (Å²) in [6.07, 6.45) is 4.54. The van der Waals surface area contributed by atoms with Gasteiger partial charge >= 0.3 is 0 Å². The summed E-state index contributed by atoms with van der Waals surface area (Å²) in [5.41, 5.74) is 5.76. The molecule has 1 unspecified atom stereocenters. The van der Waals surface area contributed by atoms with E-state index in [0.717, 1.165) is 32.6 Å². The highest BCUT2D eigenvalue weighted by Gasteiger charge is 2.08. The van der Waals surface area contributed by atoms with Crippen molar-refractivity contribution < 1.29 is 14.2 Å². The molecule has 0 spiro atoms. The number of hydrogen-bond donors (Lipinski definition) is 1. The molecule has 0 aliphatic rings. The second-order valence-corrected chi connectivity index (χ2v) is 5.71. The van der Waals surface area contributed by atoms with Crippen molar-refractivity contribution in [3.8, 4) is 0 Å². The lowest BCUT2D eigenvalue weighted by Gasteiger charge is -2.16. The maximum absolute atomic E-state index is 5.76. The Kier molecular flexibility index (Phi) is 15.1. The van der Waals surface area contributed by atoms with Crippen LogP contribution in [-0.4, -0.2) is 46.2 Å². The van der Waals surface area contributed by atoms with Gasteiger partial charge in [-0.05, 0) is 37.6 Å². The smallest absolute Gasteiger partial charge is 0.0701 e. The fraction of sp³-hybridized carbons (Fsp3) is 1.00. The van der Waals surface area contributed by atoms with Crippen molar-refractivity contribution >= 4 is 0 Å². The van der Waals surface area contributed by atoms with E-state index in [1.54, 1.807) is 0 Å². The van der Waals surface area contributed by atoms with Crippen molar-refractivity contribution in [3.05, 3.63) is 0 Å². The molecule has 0 bridgehead atoms. The molecule has 1 atom stereocenters. The summed E-state index contributed by atoms with van der Waals surface area (Å²) in [7, 11) is 0. The van der Waals surface area contributed by atoms with Crippen LogP contribution < -0.4 is 5.73 Å². The predicted molar refractivity (Wildman–Crippen MR) is 84.0 cm³/mol. The Hall–Kier alpha value is -0.160. The summed E-state index contributed by atoms with van der Waals surface area (Å²) >= 11 is 0. The van der Waals surface area contributed by atoms with E-state index in [-0.39, 0.29) is 0 Å². The van der Waals surface area contributed by atoms with E-state index < -0.39 is 0 Å². The van der Waals surface area contributed by atoms with Gasteiger partial charge in [-0.3, -0.25) is 0 Å². The van der Waals surface area contributed by atoms with Crippen LogP contribution in [0.3, 0.4) is 0 Å². The summed E-state index contributed by atoms with van der Waals surface area (Å²) < 4.78 is 16.4. The molecule has 0 aromatic carbocycles. The zero-order valence-corrected chi connectivity index (χ0v) is 13.7. The molecule has 2 N–H and O–H groups in total. The first-order valence-electron chi connectivity index (χ1n) is 8.14. The highest BCUT2D eigenvalue weighted by atomic mass is 16.5. The monoisotopic (exact) mass is 289 g/mol. The average molecular weight is 289 g/mol. The van der Waals surface area contributed by atoms with Crippen LogP contribution in [0.2, 0.25) is 0 Å². The highest BCUT2D eigenvalue weighted by molar-refractivity contribution is 4.61. The maximum atomic E-state index is 5.76. The lowest BCUT2D eigenvalue weighted by molar-refractivity contribution is 0.0116. The summed E-state index contributed by atoms with van der Waals surface area (Å²) in [6.45, 7) is 11.7. The molecule has 0 radical (unpaired) electrons. The topological polar surface area (TPSA) is 53.7 Å². The van der Waals surface area contributed by atoms with Gasteiger partial charge in [-0.15, -0.1) is 0 Å². The molecule has 0 saturated carbocycles. The van der Waals surface area contributed by atoms with Crippen molar-refractivity contribution in [2.75, 3.05) is 46.2 Å². The van der Waals surface area contributed by atoms with Crippen LogP contribution in [0.25, 0.3) is 0 Å². The van der Waals surface area contributed by atoms with Crippen molar-refractivity contribution in [1.82, 2.24) is 0 Å². The van der Waals surface area contributed by atoms with Gasteiger partial charge in [0, 0.05) is 13.2 Å². The molecule has 0 saturated heterocycles. The van der Waals surface area contributed by atoms with E-state index in [4.69, 9.17) is 19.9 Å². The third-order valence-electron chi connectivity index (χ3n) is 3.19. The molecule has 0 aliphatic heterocycles. The lowest BCUT2D eigenvalue weighted by atomic mass is 9.95. The first-order valence-corrected chi connectivity index (χ1v) is 8.14. The Bertz CT molecular complexity index is 189. The molecule has 0 amide bonds. The van der Waals surface area contributed by atoms with Crippen LogP contribution in [0.1, 0.15) is 46.5 Å². The normalized spacial score (nSPS) is 13.1. The van der Waals surface area contributed by atoms with Crippen molar-refractivity contribution in [1.29, 1.82) is 0 Å². The van der Waals surface area contributed by atoms with E-state index in [9.17, 15) is 0 Å². The second kappa shape index (κ2) is 15.2. The fourth-order valence-corrected chi connectivity index (χ4v) is 2.04. The molecule has 0 aliphatic carbocycles. The fourth-order valence-electron chi connectivity index (χ4n) is 2.04. The van der Waals surface area contributed by atoms with Crippen LogP contribution in [-0.2, 0) is 14.2 Å². The van der Waals surface area contributed by atoms with Gasteiger partial charge in [0.05, 0.1) is 26.4 Å². The third kappa shape index (κ3) is 14.3. The molecule has 0 aromatic rings. The van der Waals surface area contributed by atoms with Gasteiger partial charge in [0.2, 0.25) is 0 Å². The first-order chi connectivity index (χ1) is 9.70. The number of ether oxygens (including phenoxy) is 3. The van der Waals surface area contributed by atoms with E-state index in [2.05, 4.69) is 20.8 Å². The minimum Gasteiger partial charge on any atom is -0.379 e. The number of nitrogens with two attached hydrogens (primary N) is 1. The quantitative estimate of drug-likeness (QED) is 0.471. The molecule has 4 nitrogen and oxygen atoms in total. The molecular weight excluding hydrogens is 254 g/mol. The predicted octanol–water partition coefficient (Wildman–Crippen LogP) is 2.85. The molecule has 4 heteroatoms.